The van der Waals surface area contributed by atoms with Crippen molar-refractivity contribution < 1.29 is 27.5 Å². The molecule has 1 aromatic carbocycles. The Morgan fingerprint density at radius 2 is 1.79 bits per heavy atom. The van der Waals surface area contributed by atoms with E-state index in [9.17, 15) is 22.8 Å². The molecule has 0 spiro atoms. The van der Waals surface area contributed by atoms with E-state index in [0.717, 1.165) is 12.1 Å². The number of alkyl halides is 3. The van der Waals surface area contributed by atoms with Crippen LogP contribution in [-0.2, 0) is 26.9 Å². The minimum atomic E-state index is -4.40. The fraction of sp³-hybridized carbons (Fsp3) is 0.500. The Hall–Kier alpha value is -2.09. The molecule has 1 aliphatic rings. The average Bonchev–Trinajstić information content (AvgIpc) is 2.54. The maximum absolute atomic E-state index is 12.5. The minimum absolute atomic E-state index is 0.0845. The molecule has 1 fully saturated rings. The van der Waals surface area contributed by atoms with Gasteiger partial charge in [0.1, 0.15) is 6.04 Å². The number of morpholine rings is 1. The second-order valence-corrected chi connectivity index (χ2v) is 5.60. The van der Waals surface area contributed by atoms with E-state index >= 15 is 0 Å². The van der Waals surface area contributed by atoms with Gasteiger partial charge >= 0.3 is 6.18 Å². The van der Waals surface area contributed by atoms with Crippen molar-refractivity contribution in [3.63, 3.8) is 0 Å². The van der Waals surface area contributed by atoms with E-state index in [2.05, 4.69) is 5.32 Å². The van der Waals surface area contributed by atoms with Gasteiger partial charge in [0, 0.05) is 13.1 Å². The van der Waals surface area contributed by atoms with Gasteiger partial charge in [-0.3, -0.25) is 9.59 Å². The molecule has 0 aromatic heterocycles. The summed E-state index contributed by atoms with van der Waals surface area (Å²) in [4.78, 5) is 25.8. The molecule has 0 aliphatic carbocycles. The normalized spacial score (nSPS) is 16.6. The quantitative estimate of drug-likeness (QED) is 0.903. The lowest BCUT2D eigenvalue weighted by Crippen LogP contribution is -2.50. The highest BCUT2D eigenvalue weighted by Gasteiger charge is 2.30. The van der Waals surface area contributed by atoms with Gasteiger partial charge < -0.3 is 15.0 Å². The topological polar surface area (TPSA) is 58.6 Å². The number of hydrogen-bond acceptors (Lipinski definition) is 3. The summed E-state index contributed by atoms with van der Waals surface area (Å²) in [6, 6.07) is 3.70. The van der Waals surface area contributed by atoms with Crippen LogP contribution in [0.25, 0.3) is 0 Å². The Morgan fingerprint density at radius 1 is 1.21 bits per heavy atom. The molecule has 1 aliphatic heterocycles. The lowest BCUT2D eigenvalue weighted by Gasteiger charge is -2.29. The van der Waals surface area contributed by atoms with Crippen LogP contribution >= 0.6 is 0 Å². The van der Waals surface area contributed by atoms with Crippen LogP contribution < -0.4 is 5.32 Å². The fourth-order valence-corrected chi connectivity index (χ4v) is 2.41. The maximum Gasteiger partial charge on any atom is 0.416 e. The number of ether oxygens (including phenoxy) is 1. The zero-order chi connectivity index (χ0) is 17.7. The van der Waals surface area contributed by atoms with E-state index in [1.54, 1.807) is 11.8 Å². The largest absolute Gasteiger partial charge is 0.416 e. The van der Waals surface area contributed by atoms with Gasteiger partial charge in [-0.05, 0) is 24.6 Å². The molecule has 2 rings (SSSR count). The first-order valence-electron chi connectivity index (χ1n) is 7.59. The molecule has 1 N–H and O–H groups in total. The van der Waals surface area contributed by atoms with Crippen molar-refractivity contribution in [2.24, 2.45) is 0 Å². The van der Waals surface area contributed by atoms with E-state index in [4.69, 9.17) is 4.74 Å². The second-order valence-electron chi connectivity index (χ2n) is 5.60. The zero-order valence-corrected chi connectivity index (χ0v) is 13.2. The Balaban J connectivity index is 1.87. The highest BCUT2D eigenvalue weighted by molar-refractivity contribution is 5.88. The molecule has 1 atom stereocenters. The molecular weight excluding hydrogens is 325 g/mol. The monoisotopic (exact) mass is 344 g/mol. The van der Waals surface area contributed by atoms with E-state index < -0.39 is 23.7 Å². The minimum Gasteiger partial charge on any atom is -0.378 e. The number of hydrogen-bond donors (Lipinski definition) is 1. The molecule has 1 saturated heterocycles. The number of amides is 2. The van der Waals surface area contributed by atoms with Crippen LogP contribution in [-0.4, -0.2) is 49.1 Å². The Morgan fingerprint density at radius 3 is 2.33 bits per heavy atom. The van der Waals surface area contributed by atoms with Gasteiger partial charge in [0.25, 0.3) is 0 Å². The van der Waals surface area contributed by atoms with E-state index in [1.165, 1.54) is 12.1 Å². The fourth-order valence-electron chi connectivity index (χ4n) is 2.41. The molecule has 5 nitrogen and oxygen atoms in total. The smallest absolute Gasteiger partial charge is 0.378 e. The van der Waals surface area contributed by atoms with Crippen molar-refractivity contribution in [3.8, 4) is 0 Å². The van der Waals surface area contributed by atoms with Crippen molar-refractivity contribution in [2.75, 3.05) is 26.3 Å². The maximum atomic E-state index is 12.5. The lowest BCUT2D eigenvalue weighted by molar-refractivity contribution is -0.139. The number of nitrogens with zero attached hydrogens (tertiary/aromatic N) is 1. The zero-order valence-electron chi connectivity index (χ0n) is 13.2. The molecule has 24 heavy (non-hydrogen) atoms. The van der Waals surface area contributed by atoms with Crippen LogP contribution in [0.3, 0.4) is 0 Å². The van der Waals surface area contributed by atoms with Crippen molar-refractivity contribution in [1.82, 2.24) is 10.2 Å². The Bertz CT molecular complexity index is 581. The number of benzene rings is 1. The van der Waals surface area contributed by atoms with Crippen LogP contribution in [0, 0.1) is 0 Å². The number of carbonyl (C=O) groups excluding carboxylic acids is 2. The first-order valence-corrected chi connectivity index (χ1v) is 7.59. The highest BCUT2D eigenvalue weighted by atomic mass is 19.4. The van der Waals surface area contributed by atoms with E-state index in [0.29, 0.717) is 31.9 Å². The molecule has 2 amide bonds. The van der Waals surface area contributed by atoms with Gasteiger partial charge in [0.2, 0.25) is 11.8 Å². The summed E-state index contributed by atoms with van der Waals surface area (Å²) < 4.78 is 42.6. The third-order valence-corrected chi connectivity index (χ3v) is 3.72. The Kier molecular flexibility index (Phi) is 5.82. The highest BCUT2D eigenvalue weighted by Crippen LogP contribution is 2.29. The summed E-state index contributed by atoms with van der Waals surface area (Å²) in [7, 11) is 0. The van der Waals surface area contributed by atoms with Gasteiger partial charge in [-0.25, -0.2) is 0 Å². The SMILES string of the molecule is C[C@H](NC(=O)Cc1ccc(C(F)(F)F)cc1)C(=O)N1CCOCC1. The molecular formula is C16H19F3N2O3. The van der Waals surface area contributed by atoms with Crippen LogP contribution in [0.15, 0.2) is 24.3 Å². The summed E-state index contributed by atoms with van der Waals surface area (Å²) in [5.41, 5.74) is -0.311. The first-order chi connectivity index (χ1) is 11.3. The lowest BCUT2D eigenvalue weighted by atomic mass is 10.1. The van der Waals surface area contributed by atoms with Crippen LogP contribution in [0.4, 0.5) is 13.2 Å². The van der Waals surface area contributed by atoms with Gasteiger partial charge in [-0.1, -0.05) is 12.1 Å². The van der Waals surface area contributed by atoms with E-state index in [-0.39, 0.29) is 12.3 Å². The third kappa shape index (κ3) is 4.95. The third-order valence-electron chi connectivity index (χ3n) is 3.72. The first kappa shape index (κ1) is 18.3. The summed E-state index contributed by atoms with van der Waals surface area (Å²) in [5, 5.41) is 2.58. The number of rotatable bonds is 4. The summed E-state index contributed by atoms with van der Waals surface area (Å²) in [6.07, 6.45) is -4.49. The van der Waals surface area contributed by atoms with Crippen LogP contribution in [0.5, 0.6) is 0 Å². The molecule has 0 saturated carbocycles. The van der Waals surface area contributed by atoms with Gasteiger partial charge in [0.15, 0.2) is 0 Å². The van der Waals surface area contributed by atoms with Crippen LogP contribution in [0.2, 0.25) is 0 Å². The Labute approximate surface area is 137 Å². The summed E-state index contributed by atoms with van der Waals surface area (Å²) in [5.74, 6) is -0.608. The number of halogens is 3. The molecule has 1 aromatic rings. The summed E-state index contributed by atoms with van der Waals surface area (Å²) >= 11 is 0. The van der Waals surface area contributed by atoms with Crippen molar-refractivity contribution >= 4 is 11.8 Å². The second kappa shape index (κ2) is 7.65. The molecule has 132 valence electrons. The average molecular weight is 344 g/mol. The van der Waals surface area contributed by atoms with Crippen LogP contribution in [0.1, 0.15) is 18.1 Å². The number of nitrogens with one attached hydrogen (secondary N) is 1. The molecule has 0 bridgehead atoms. The van der Waals surface area contributed by atoms with Gasteiger partial charge in [-0.2, -0.15) is 13.2 Å². The predicted octanol–water partition coefficient (Wildman–Crippen LogP) is 1.61. The molecule has 0 unspecified atom stereocenters. The van der Waals surface area contributed by atoms with Gasteiger partial charge in [-0.15, -0.1) is 0 Å². The standard InChI is InChI=1S/C16H19F3N2O3/c1-11(15(23)21-6-8-24-9-7-21)20-14(22)10-12-2-4-13(5-3-12)16(17,18)19/h2-5,11H,6-10H2,1H3,(H,20,22)/t11-/m0/s1. The number of carbonyl (C=O) groups is 2. The van der Waals surface area contributed by atoms with Crippen molar-refractivity contribution in [1.29, 1.82) is 0 Å². The molecule has 0 radical (unpaired) electrons. The van der Waals surface area contributed by atoms with E-state index in [1.807, 2.05) is 0 Å². The van der Waals surface area contributed by atoms with Gasteiger partial charge in [0.05, 0.1) is 25.2 Å². The predicted molar refractivity (Wildman–Crippen MR) is 80.2 cm³/mol. The summed E-state index contributed by atoms with van der Waals surface area (Å²) in [6.45, 7) is 3.49. The van der Waals surface area contributed by atoms with Crippen molar-refractivity contribution in [3.05, 3.63) is 35.4 Å². The van der Waals surface area contributed by atoms with Crippen molar-refractivity contribution in [2.45, 2.75) is 25.6 Å². The molecule has 8 heteroatoms. The molecule has 1 heterocycles.